The van der Waals surface area contributed by atoms with E-state index in [4.69, 9.17) is 5.11 Å². The third-order valence-electron chi connectivity index (χ3n) is 3.25. The van der Waals surface area contributed by atoms with Crippen molar-refractivity contribution >= 4 is 17.3 Å². The Morgan fingerprint density at radius 3 is 2.41 bits per heavy atom. The van der Waals surface area contributed by atoms with E-state index >= 15 is 0 Å². The van der Waals surface area contributed by atoms with Crippen LogP contribution in [-0.2, 0) is 11.2 Å². The molecule has 0 aliphatic rings. The Balaban J connectivity index is 2.14. The number of carbonyl (C=O) groups is 1. The van der Waals surface area contributed by atoms with Crippen LogP contribution < -0.4 is 0 Å². The average molecular weight is 298 g/mol. The van der Waals surface area contributed by atoms with Gasteiger partial charge in [-0.25, -0.2) is 0 Å². The van der Waals surface area contributed by atoms with Crippen molar-refractivity contribution in [2.24, 2.45) is 10.2 Å². The molecular formula is C17H18N2O3. The van der Waals surface area contributed by atoms with E-state index in [1.165, 1.54) is 0 Å². The van der Waals surface area contributed by atoms with Gasteiger partial charge in [-0.2, -0.15) is 10.2 Å². The van der Waals surface area contributed by atoms with E-state index in [-0.39, 0.29) is 6.42 Å². The van der Waals surface area contributed by atoms with Gasteiger partial charge in [0.1, 0.15) is 0 Å². The summed E-state index contributed by atoms with van der Waals surface area (Å²) in [5.74, 6) is -0.833. The molecule has 2 N–H and O–H groups in total. The molecule has 0 amide bonds. The van der Waals surface area contributed by atoms with Crippen LogP contribution in [0.5, 0.6) is 0 Å². The molecule has 114 valence electrons. The van der Waals surface area contributed by atoms with Gasteiger partial charge in [0.15, 0.2) is 0 Å². The van der Waals surface area contributed by atoms with Crippen molar-refractivity contribution in [2.75, 3.05) is 0 Å². The Labute approximate surface area is 129 Å². The molecule has 5 heteroatoms. The number of carboxylic acid groups (broad SMARTS) is 1. The second-order valence-corrected chi connectivity index (χ2v) is 4.99. The lowest BCUT2D eigenvalue weighted by atomic mass is 10.1. The number of aliphatic hydroxyl groups is 1. The highest BCUT2D eigenvalue weighted by atomic mass is 16.4. The highest BCUT2D eigenvalue weighted by Gasteiger charge is 2.04. The minimum atomic E-state index is -0.833. The van der Waals surface area contributed by atoms with Crippen LogP contribution in [0, 0.1) is 0 Å². The Bertz CT molecular complexity index is 664. The number of aryl methyl sites for hydroxylation is 1. The summed E-state index contributed by atoms with van der Waals surface area (Å²) < 4.78 is 0. The zero-order valence-electron chi connectivity index (χ0n) is 12.3. The van der Waals surface area contributed by atoms with E-state index in [9.17, 15) is 9.90 Å². The Hall–Kier alpha value is -2.53. The van der Waals surface area contributed by atoms with Crippen LogP contribution in [0.1, 0.15) is 30.6 Å². The maximum Gasteiger partial charge on any atom is 0.303 e. The van der Waals surface area contributed by atoms with E-state index in [0.717, 1.165) is 11.1 Å². The molecule has 1 atom stereocenters. The molecule has 0 spiro atoms. The van der Waals surface area contributed by atoms with Crippen LogP contribution in [0.3, 0.4) is 0 Å². The highest BCUT2D eigenvalue weighted by molar-refractivity contribution is 5.67. The number of aliphatic hydroxyl groups excluding tert-OH is 1. The molecule has 0 aliphatic heterocycles. The quantitative estimate of drug-likeness (QED) is 0.785. The van der Waals surface area contributed by atoms with Gasteiger partial charge in [-0.3, -0.25) is 4.79 Å². The number of carboxylic acids is 1. The molecular weight excluding hydrogens is 280 g/mol. The zero-order chi connectivity index (χ0) is 15.9. The number of hydrogen-bond donors (Lipinski definition) is 2. The maximum absolute atomic E-state index is 10.7. The van der Waals surface area contributed by atoms with Gasteiger partial charge in [-0.1, -0.05) is 30.3 Å². The molecule has 22 heavy (non-hydrogen) atoms. The summed E-state index contributed by atoms with van der Waals surface area (Å²) in [6.45, 7) is 1.70. The largest absolute Gasteiger partial charge is 0.481 e. The molecule has 0 aromatic heterocycles. The average Bonchev–Trinajstić information content (AvgIpc) is 2.52. The topological polar surface area (TPSA) is 82.2 Å². The SMILES string of the molecule is CC(O)c1ccc(/N=N/c2ccccc2CCC(=O)O)cc1. The first-order valence-electron chi connectivity index (χ1n) is 7.05. The molecule has 0 saturated carbocycles. The lowest BCUT2D eigenvalue weighted by molar-refractivity contribution is -0.136. The number of rotatable bonds is 6. The molecule has 0 bridgehead atoms. The summed E-state index contributed by atoms with van der Waals surface area (Å²) in [6, 6.07) is 14.5. The van der Waals surface area contributed by atoms with E-state index in [2.05, 4.69) is 10.2 Å². The maximum atomic E-state index is 10.7. The standard InChI is InChI=1S/C17H18N2O3/c1-12(20)13-6-9-15(10-7-13)18-19-16-5-3-2-4-14(16)8-11-17(21)22/h2-7,9-10,12,20H,8,11H2,1H3,(H,21,22)/b19-18+. The number of azo groups is 1. The zero-order valence-corrected chi connectivity index (χ0v) is 12.3. The van der Waals surface area contributed by atoms with Crippen molar-refractivity contribution in [1.29, 1.82) is 0 Å². The first kappa shape index (κ1) is 15.9. The smallest absolute Gasteiger partial charge is 0.303 e. The van der Waals surface area contributed by atoms with Gasteiger partial charge in [-0.15, -0.1) is 0 Å². The summed E-state index contributed by atoms with van der Waals surface area (Å²) >= 11 is 0. The summed E-state index contributed by atoms with van der Waals surface area (Å²) in [5.41, 5.74) is 3.02. The van der Waals surface area contributed by atoms with E-state index in [1.54, 1.807) is 31.2 Å². The van der Waals surface area contributed by atoms with E-state index in [1.807, 2.05) is 24.3 Å². The third-order valence-corrected chi connectivity index (χ3v) is 3.25. The van der Waals surface area contributed by atoms with Crippen LogP contribution in [-0.4, -0.2) is 16.2 Å². The van der Waals surface area contributed by atoms with Crippen molar-refractivity contribution in [3.63, 3.8) is 0 Å². The molecule has 0 heterocycles. The highest BCUT2D eigenvalue weighted by Crippen LogP contribution is 2.24. The number of benzene rings is 2. The predicted molar refractivity (Wildman–Crippen MR) is 83.7 cm³/mol. The van der Waals surface area contributed by atoms with Crippen molar-refractivity contribution in [1.82, 2.24) is 0 Å². The lowest BCUT2D eigenvalue weighted by Gasteiger charge is -2.04. The monoisotopic (exact) mass is 298 g/mol. The van der Waals surface area contributed by atoms with Gasteiger partial charge in [0.05, 0.1) is 17.5 Å². The third kappa shape index (κ3) is 4.49. The predicted octanol–water partition coefficient (Wildman–Crippen LogP) is 4.17. The Kier molecular flexibility index (Phi) is 5.38. The Morgan fingerprint density at radius 2 is 1.77 bits per heavy atom. The summed E-state index contributed by atoms with van der Waals surface area (Å²) in [7, 11) is 0. The first-order chi connectivity index (χ1) is 10.6. The number of hydrogen-bond acceptors (Lipinski definition) is 4. The fourth-order valence-corrected chi connectivity index (χ4v) is 1.99. The normalized spacial score (nSPS) is 12.5. The fraction of sp³-hybridized carbons (Fsp3) is 0.235. The van der Waals surface area contributed by atoms with Gasteiger partial charge in [0.25, 0.3) is 0 Å². The van der Waals surface area contributed by atoms with Gasteiger partial charge in [-0.05, 0) is 42.7 Å². The molecule has 0 radical (unpaired) electrons. The molecule has 1 unspecified atom stereocenters. The van der Waals surface area contributed by atoms with Crippen molar-refractivity contribution in [2.45, 2.75) is 25.9 Å². The van der Waals surface area contributed by atoms with Gasteiger partial charge in [0.2, 0.25) is 0 Å². The van der Waals surface area contributed by atoms with Gasteiger partial charge < -0.3 is 10.2 Å². The fourth-order valence-electron chi connectivity index (χ4n) is 1.99. The minimum absolute atomic E-state index is 0.0651. The molecule has 0 fully saturated rings. The summed E-state index contributed by atoms with van der Waals surface area (Å²) in [5, 5.41) is 26.6. The molecule has 0 aliphatic carbocycles. The number of aliphatic carboxylic acids is 1. The van der Waals surface area contributed by atoms with Crippen LogP contribution in [0.4, 0.5) is 11.4 Å². The molecule has 2 aromatic carbocycles. The van der Waals surface area contributed by atoms with E-state index < -0.39 is 12.1 Å². The van der Waals surface area contributed by atoms with Gasteiger partial charge in [0, 0.05) is 6.42 Å². The van der Waals surface area contributed by atoms with E-state index in [0.29, 0.717) is 17.8 Å². The molecule has 2 aromatic rings. The number of nitrogens with zero attached hydrogens (tertiary/aromatic N) is 2. The minimum Gasteiger partial charge on any atom is -0.481 e. The van der Waals surface area contributed by atoms with Crippen molar-refractivity contribution in [3.8, 4) is 0 Å². The Morgan fingerprint density at radius 1 is 1.09 bits per heavy atom. The first-order valence-corrected chi connectivity index (χ1v) is 7.05. The van der Waals surface area contributed by atoms with Crippen LogP contribution >= 0.6 is 0 Å². The van der Waals surface area contributed by atoms with Gasteiger partial charge >= 0.3 is 5.97 Å². The molecule has 2 rings (SSSR count). The van der Waals surface area contributed by atoms with Crippen LogP contribution in [0.25, 0.3) is 0 Å². The van der Waals surface area contributed by atoms with Crippen LogP contribution in [0.2, 0.25) is 0 Å². The second kappa shape index (κ2) is 7.47. The molecule has 0 saturated heterocycles. The summed E-state index contributed by atoms with van der Waals surface area (Å²) in [4.78, 5) is 10.7. The molecule has 5 nitrogen and oxygen atoms in total. The lowest BCUT2D eigenvalue weighted by Crippen LogP contribution is -1.97. The van der Waals surface area contributed by atoms with Crippen molar-refractivity contribution in [3.05, 3.63) is 59.7 Å². The summed E-state index contributed by atoms with van der Waals surface area (Å²) in [6.07, 6.45) is -0.0241. The van der Waals surface area contributed by atoms with Crippen molar-refractivity contribution < 1.29 is 15.0 Å². The second-order valence-electron chi connectivity index (χ2n) is 4.99. The van der Waals surface area contributed by atoms with Crippen LogP contribution in [0.15, 0.2) is 58.8 Å².